The predicted octanol–water partition coefficient (Wildman–Crippen LogP) is 6.33. The lowest BCUT2D eigenvalue weighted by Gasteiger charge is -2.41. The number of aliphatic hydroxyl groups is 5. The van der Waals surface area contributed by atoms with Gasteiger partial charge < -0.3 is 39.9 Å². The fourth-order valence-electron chi connectivity index (χ4n) is 6.05. The van der Waals surface area contributed by atoms with Crippen molar-refractivity contribution in [3.8, 4) is 0 Å². The van der Waals surface area contributed by atoms with Crippen LogP contribution in [0.15, 0.2) is 12.2 Å². The molecule has 52 heavy (non-hydrogen) atoms. The van der Waals surface area contributed by atoms with Gasteiger partial charge in [-0.15, -0.1) is 0 Å². The molecule has 0 saturated heterocycles. The van der Waals surface area contributed by atoms with Crippen LogP contribution in [-0.2, 0) is 32.7 Å². The molecule has 0 aromatic heterocycles. The molecule has 14 heteroatoms. The van der Waals surface area contributed by atoms with Gasteiger partial charge >= 0.3 is 19.8 Å². The van der Waals surface area contributed by atoms with Crippen LogP contribution in [0.2, 0.25) is 0 Å². The summed E-state index contributed by atoms with van der Waals surface area (Å²) in [5, 5.41) is 49.9. The van der Waals surface area contributed by atoms with Gasteiger partial charge in [0.1, 0.15) is 43.2 Å². The number of carbonyl (C=O) groups excluding carboxylic acids is 2. The second kappa shape index (κ2) is 29.9. The first-order valence-electron chi connectivity index (χ1n) is 20.0. The summed E-state index contributed by atoms with van der Waals surface area (Å²) in [5.74, 6) is -1.11. The Kier molecular flexibility index (Phi) is 27.9. The van der Waals surface area contributed by atoms with E-state index in [1.807, 2.05) is 0 Å². The first-order valence-corrected chi connectivity index (χ1v) is 21.5. The Hall–Kier alpha value is -1.41. The van der Waals surface area contributed by atoms with E-state index in [0.717, 1.165) is 64.2 Å². The molecular weight excluding hydrogens is 695 g/mol. The number of hydrogen-bond acceptors (Lipinski definition) is 12. The maximum atomic E-state index is 12.7. The largest absolute Gasteiger partial charge is 0.472 e. The summed E-state index contributed by atoms with van der Waals surface area (Å²) >= 11 is 0. The molecule has 0 aromatic carbocycles. The molecule has 306 valence electrons. The third-order valence-corrected chi connectivity index (χ3v) is 10.3. The third kappa shape index (κ3) is 22.7. The monoisotopic (exact) mass is 766 g/mol. The molecule has 1 aliphatic rings. The SMILES string of the molecule is CCCCCCC/C=C/CCCCCCCC(=O)OC[C@H](COP(=O)(O)OC1C(O)C(O)C(O)[C@@H](O)C1O)OC(=O)CCCCCCCCCCC. The second-order valence-electron chi connectivity index (χ2n) is 14.1. The number of allylic oxidation sites excluding steroid dienone is 2. The van der Waals surface area contributed by atoms with E-state index in [0.29, 0.717) is 12.8 Å². The lowest BCUT2D eigenvalue weighted by atomic mass is 9.85. The molecule has 0 aliphatic heterocycles. The van der Waals surface area contributed by atoms with Gasteiger partial charge in [-0.25, -0.2) is 4.57 Å². The minimum Gasteiger partial charge on any atom is -0.462 e. The topological polar surface area (TPSA) is 210 Å². The quantitative estimate of drug-likeness (QED) is 0.0192. The lowest BCUT2D eigenvalue weighted by molar-refractivity contribution is -0.220. The van der Waals surface area contributed by atoms with Gasteiger partial charge in [0.05, 0.1) is 6.61 Å². The Bertz CT molecular complexity index is 980. The fourth-order valence-corrected chi connectivity index (χ4v) is 7.02. The van der Waals surface area contributed by atoms with Crippen molar-refractivity contribution in [1.82, 2.24) is 0 Å². The zero-order chi connectivity index (χ0) is 38.6. The number of aliphatic hydroxyl groups excluding tert-OH is 5. The number of ether oxygens (including phenoxy) is 2. The van der Waals surface area contributed by atoms with Crippen LogP contribution in [0.5, 0.6) is 0 Å². The van der Waals surface area contributed by atoms with Crippen LogP contribution < -0.4 is 0 Å². The Morgan fingerprint density at radius 3 is 1.46 bits per heavy atom. The average Bonchev–Trinajstić information content (AvgIpc) is 3.12. The number of hydrogen-bond donors (Lipinski definition) is 6. The zero-order valence-electron chi connectivity index (χ0n) is 31.9. The van der Waals surface area contributed by atoms with Crippen LogP contribution in [-0.4, -0.2) is 98.3 Å². The maximum absolute atomic E-state index is 12.7. The molecule has 1 saturated carbocycles. The molecular formula is C38H71O13P. The zero-order valence-corrected chi connectivity index (χ0v) is 32.8. The molecule has 6 N–H and O–H groups in total. The van der Waals surface area contributed by atoms with Crippen LogP contribution in [0.3, 0.4) is 0 Å². The Labute approximate surface area is 312 Å². The van der Waals surface area contributed by atoms with E-state index in [2.05, 4.69) is 26.0 Å². The van der Waals surface area contributed by atoms with Crippen LogP contribution >= 0.6 is 7.82 Å². The molecule has 0 spiro atoms. The van der Waals surface area contributed by atoms with Crippen molar-refractivity contribution in [2.75, 3.05) is 13.2 Å². The Morgan fingerprint density at radius 1 is 0.577 bits per heavy atom. The Morgan fingerprint density at radius 2 is 0.981 bits per heavy atom. The van der Waals surface area contributed by atoms with E-state index in [-0.39, 0.29) is 12.8 Å². The van der Waals surface area contributed by atoms with Gasteiger partial charge in [-0.2, -0.15) is 0 Å². The highest BCUT2D eigenvalue weighted by Crippen LogP contribution is 2.47. The lowest BCUT2D eigenvalue weighted by Crippen LogP contribution is -2.64. The summed E-state index contributed by atoms with van der Waals surface area (Å²) in [6.07, 6.45) is 14.4. The fraction of sp³-hybridized carbons (Fsp3) is 0.895. The summed E-state index contributed by atoms with van der Waals surface area (Å²) in [6, 6.07) is 0. The minimum absolute atomic E-state index is 0.0982. The van der Waals surface area contributed by atoms with Crippen molar-refractivity contribution in [2.45, 2.75) is 204 Å². The predicted molar refractivity (Wildman–Crippen MR) is 198 cm³/mol. The number of phosphoric ester groups is 1. The number of unbranched alkanes of at least 4 members (excludes halogenated alkanes) is 18. The number of rotatable bonds is 32. The van der Waals surface area contributed by atoms with E-state index in [9.17, 15) is 44.6 Å². The summed E-state index contributed by atoms with van der Waals surface area (Å²) in [5.41, 5.74) is 0. The van der Waals surface area contributed by atoms with Crippen LogP contribution in [0.4, 0.5) is 0 Å². The minimum atomic E-state index is -5.10. The third-order valence-electron chi connectivity index (χ3n) is 9.36. The highest BCUT2D eigenvalue weighted by atomic mass is 31.2. The van der Waals surface area contributed by atoms with Crippen LogP contribution in [0.25, 0.3) is 0 Å². The molecule has 1 rings (SSSR count). The van der Waals surface area contributed by atoms with E-state index >= 15 is 0 Å². The van der Waals surface area contributed by atoms with Gasteiger partial charge in [-0.1, -0.05) is 122 Å². The summed E-state index contributed by atoms with van der Waals surface area (Å²) in [6.45, 7) is 3.22. The number of phosphoric acid groups is 1. The first-order chi connectivity index (χ1) is 24.9. The average molecular weight is 767 g/mol. The molecule has 1 aliphatic carbocycles. The normalized spacial score (nSPS) is 23.8. The number of carbonyl (C=O) groups is 2. The molecule has 8 atom stereocenters. The summed E-state index contributed by atoms with van der Waals surface area (Å²) in [4.78, 5) is 35.4. The molecule has 0 amide bonds. The van der Waals surface area contributed by atoms with Crippen LogP contribution in [0.1, 0.15) is 162 Å². The van der Waals surface area contributed by atoms with Crippen molar-refractivity contribution < 1.29 is 63.1 Å². The highest BCUT2D eigenvalue weighted by Gasteiger charge is 2.51. The first kappa shape index (κ1) is 48.6. The standard InChI is InChI=1S/C38H71O13P/c1-3-5-7-9-11-13-14-15-16-17-19-20-22-24-26-31(39)48-28-30(50-32(40)27-25-23-21-18-12-10-8-6-4-2)29-49-52(46,47)51-38-36(44)34(42)33(41)35(43)37(38)45/h14-15,30,33-38,41-45H,3-13,16-29H2,1-2H3,(H,46,47)/b15-14+/t30-,33?,34-,35?,36?,37?,38?/m1/s1. The van der Waals surface area contributed by atoms with E-state index in [4.69, 9.17) is 18.5 Å². The van der Waals surface area contributed by atoms with Gasteiger partial charge in [0, 0.05) is 12.8 Å². The molecule has 6 unspecified atom stereocenters. The summed E-state index contributed by atoms with van der Waals surface area (Å²) in [7, 11) is -5.10. The van der Waals surface area contributed by atoms with Crippen molar-refractivity contribution in [1.29, 1.82) is 0 Å². The van der Waals surface area contributed by atoms with E-state index in [1.165, 1.54) is 57.8 Å². The van der Waals surface area contributed by atoms with Gasteiger partial charge in [-0.3, -0.25) is 18.6 Å². The molecule has 13 nitrogen and oxygen atoms in total. The molecule has 0 bridgehead atoms. The Balaban J connectivity index is 2.52. The maximum Gasteiger partial charge on any atom is 0.472 e. The van der Waals surface area contributed by atoms with Crippen molar-refractivity contribution in [3.63, 3.8) is 0 Å². The van der Waals surface area contributed by atoms with Crippen LogP contribution in [0, 0.1) is 0 Å². The number of esters is 2. The highest BCUT2D eigenvalue weighted by molar-refractivity contribution is 7.47. The van der Waals surface area contributed by atoms with Crippen molar-refractivity contribution >= 4 is 19.8 Å². The summed E-state index contributed by atoms with van der Waals surface area (Å²) < 4.78 is 33.3. The van der Waals surface area contributed by atoms with Crippen molar-refractivity contribution in [2.24, 2.45) is 0 Å². The second-order valence-corrected chi connectivity index (χ2v) is 15.5. The molecule has 1 fully saturated rings. The molecule has 0 aromatic rings. The van der Waals surface area contributed by atoms with Gasteiger partial charge in [-0.05, 0) is 38.5 Å². The van der Waals surface area contributed by atoms with Crippen molar-refractivity contribution in [3.05, 3.63) is 12.2 Å². The molecule has 0 heterocycles. The molecule has 0 radical (unpaired) electrons. The van der Waals surface area contributed by atoms with Gasteiger partial charge in [0.2, 0.25) is 0 Å². The van der Waals surface area contributed by atoms with Gasteiger partial charge in [0.15, 0.2) is 6.10 Å². The smallest absolute Gasteiger partial charge is 0.462 e. The van der Waals surface area contributed by atoms with E-state index < -0.39 is 75.7 Å². The van der Waals surface area contributed by atoms with Gasteiger partial charge in [0.25, 0.3) is 0 Å². The van der Waals surface area contributed by atoms with E-state index in [1.54, 1.807) is 0 Å².